The number of ether oxygens (including phenoxy) is 1. The first kappa shape index (κ1) is 14.4. The van der Waals surface area contributed by atoms with Crippen LogP contribution in [0.25, 0.3) is 0 Å². The number of benzene rings is 1. The molecular formula is C17H26O2. The third kappa shape index (κ3) is 2.64. The van der Waals surface area contributed by atoms with Crippen molar-refractivity contribution in [1.82, 2.24) is 0 Å². The molecule has 1 saturated carbocycles. The van der Waals surface area contributed by atoms with Gasteiger partial charge in [0.25, 0.3) is 0 Å². The zero-order chi connectivity index (χ0) is 14.1. The van der Waals surface area contributed by atoms with Crippen molar-refractivity contribution in [3.63, 3.8) is 0 Å². The second-order valence-corrected chi connectivity index (χ2v) is 6.61. The van der Waals surface area contributed by atoms with Gasteiger partial charge in [0.1, 0.15) is 5.75 Å². The minimum atomic E-state index is -0.781. The van der Waals surface area contributed by atoms with Gasteiger partial charge in [-0.2, -0.15) is 0 Å². The van der Waals surface area contributed by atoms with Gasteiger partial charge in [-0.15, -0.1) is 0 Å². The molecule has 0 spiro atoms. The van der Waals surface area contributed by atoms with E-state index < -0.39 is 5.60 Å². The average molecular weight is 262 g/mol. The van der Waals surface area contributed by atoms with Crippen molar-refractivity contribution in [1.29, 1.82) is 0 Å². The summed E-state index contributed by atoms with van der Waals surface area (Å²) in [6.45, 7) is 8.37. The van der Waals surface area contributed by atoms with E-state index in [9.17, 15) is 5.11 Å². The molecule has 1 unspecified atom stereocenters. The standard InChI is InChI=1S/C17H26O2/c1-13(2)19-15-10-6-5-9-14(15)17(18)12-8-7-11-16(17,3)4/h5-6,9-10,13,18H,7-8,11-12H2,1-4H3. The van der Waals surface area contributed by atoms with Crippen LogP contribution in [0.3, 0.4) is 0 Å². The third-order valence-electron chi connectivity index (χ3n) is 4.41. The predicted octanol–water partition coefficient (Wildman–Crippen LogP) is 4.26. The molecule has 1 aliphatic rings. The van der Waals surface area contributed by atoms with Crippen molar-refractivity contribution in [3.8, 4) is 5.75 Å². The molecule has 2 nitrogen and oxygen atoms in total. The van der Waals surface area contributed by atoms with Crippen LogP contribution in [0.4, 0.5) is 0 Å². The summed E-state index contributed by atoms with van der Waals surface area (Å²) >= 11 is 0. The monoisotopic (exact) mass is 262 g/mol. The summed E-state index contributed by atoms with van der Waals surface area (Å²) in [5, 5.41) is 11.3. The Labute approximate surface area is 116 Å². The molecule has 1 N–H and O–H groups in total. The second kappa shape index (κ2) is 5.16. The molecular weight excluding hydrogens is 236 g/mol. The largest absolute Gasteiger partial charge is 0.491 e. The van der Waals surface area contributed by atoms with Crippen molar-refractivity contribution in [2.75, 3.05) is 0 Å². The van der Waals surface area contributed by atoms with E-state index in [1.807, 2.05) is 38.1 Å². The molecule has 0 amide bonds. The summed E-state index contributed by atoms with van der Waals surface area (Å²) in [5.74, 6) is 0.829. The number of hydrogen-bond acceptors (Lipinski definition) is 2. The minimum Gasteiger partial charge on any atom is -0.491 e. The Morgan fingerprint density at radius 2 is 1.74 bits per heavy atom. The lowest BCUT2D eigenvalue weighted by Crippen LogP contribution is -2.44. The Bertz CT molecular complexity index is 437. The maximum Gasteiger partial charge on any atom is 0.125 e. The lowest BCUT2D eigenvalue weighted by atomic mass is 9.62. The normalized spacial score (nSPS) is 26.4. The van der Waals surface area contributed by atoms with Gasteiger partial charge in [0.05, 0.1) is 11.7 Å². The van der Waals surface area contributed by atoms with Crippen molar-refractivity contribution >= 4 is 0 Å². The van der Waals surface area contributed by atoms with Gasteiger partial charge in [-0.25, -0.2) is 0 Å². The van der Waals surface area contributed by atoms with E-state index in [2.05, 4.69) is 13.8 Å². The first-order valence-electron chi connectivity index (χ1n) is 7.35. The second-order valence-electron chi connectivity index (χ2n) is 6.61. The molecule has 1 aromatic carbocycles. The Kier molecular flexibility index (Phi) is 3.91. The summed E-state index contributed by atoms with van der Waals surface area (Å²) in [6, 6.07) is 7.95. The van der Waals surface area contributed by atoms with Gasteiger partial charge in [-0.1, -0.05) is 44.9 Å². The van der Waals surface area contributed by atoms with E-state index in [4.69, 9.17) is 4.74 Å². The van der Waals surface area contributed by atoms with Gasteiger partial charge in [-0.05, 0) is 38.2 Å². The van der Waals surface area contributed by atoms with Crippen LogP contribution in [0.2, 0.25) is 0 Å². The topological polar surface area (TPSA) is 29.5 Å². The fourth-order valence-electron chi connectivity index (χ4n) is 3.16. The summed E-state index contributed by atoms with van der Waals surface area (Å²) < 4.78 is 5.90. The summed E-state index contributed by atoms with van der Waals surface area (Å²) in [6.07, 6.45) is 4.27. The highest BCUT2D eigenvalue weighted by Gasteiger charge is 2.47. The van der Waals surface area contributed by atoms with Gasteiger partial charge in [0, 0.05) is 5.56 Å². The first-order chi connectivity index (χ1) is 8.87. The summed E-state index contributed by atoms with van der Waals surface area (Å²) in [5.41, 5.74) is 0.0618. The van der Waals surface area contributed by atoms with Gasteiger partial charge in [0.2, 0.25) is 0 Å². The van der Waals surface area contributed by atoms with E-state index in [1.165, 1.54) is 6.42 Å². The Balaban J connectivity index is 2.44. The van der Waals surface area contributed by atoms with Gasteiger partial charge < -0.3 is 9.84 Å². The van der Waals surface area contributed by atoms with Crippen LogP contribution in [-0.2, 0) is 5.60 Å². The molecule has 0 aliphatic heterocycles. The lowest BCUT2D eigenvalue weighted by Gasteiger charge is -2.47. The molecule has 0 heterocycles. The summed E-state index contributed by atoms with van der Waals surface area (Å²) in [4.78, 5) is 0. The van der Waals surface area contributed by atoms with E-state index in [-0.39, 0.29) is 11.5 Å². The highest BCUT2D eigenvalue weighted by molar-refractivity contribution is 5.39. The zero-order valence-corrected chi connectivity index (χ0v) is 12.6. The molecule has 19 heavy (non-hydrogen) atoms. The molecule has 0 aromatic heterocycles. The van der Waals surface area contributed by atoms with E-state index >= 15 is 0 Å². The molecule has 1 aromatic rings. The van der Waals surface area contributed by atoms with E-state index in [0.29, 0.717) is 0 Å². The fraction of sp³-hybridized carbons (Fsp3) is 0.647. The maximum atomic E-state index is 11.3. The van der Waals surface area contributed by atoms with Crippen molar-refractivity contribution in [2.45, 2.75) is 65.1 Å². The zero-order valence-electron chi connectivity index (χ0n) is 12.6. The van der Waals surface area contributed by atoms with Crippen LogP contribution in [0.1, 0.15) is 58.9 Å². The predicted molar refractivity (Wildman–Crippen MR) is 78.4 cm³/mol. The smallest absolute Gasteiger partial charge is 0.125 e. The molecule has 1 fully saturated rings. The van der Waals surface area contributed by atoms with Crippen LogP contribution >= 0.6 is 0 Å². The molecule has 1 aliphatic carbocycles. The average Bonchev–Trinajstić information content (AvgIpc) is 2.33. The fourth-order valence-corrected chi connectivity index (χ4v) is 3.16. The first-order valence-corrected chi connectivity index (χ1v) is 7.35. The molecule has 0 saturated heterocycles. The SMILES string of the molecule is CC(C)Oc1ccccc1C1(O)CCCCC1(C)C. The molecule has 0 radical (unpaired) electrons. The molecule has 0 bridgehead atoms. The van der Waals surface area contributed by atoms with Crippen LogP contribution in [0, 0.1) is 5.41 Å². The van der Waals surface area contributed by atoms with Crippen LogP contribution in [-0.4, -0.2) is 11.2 Å². The molecule has 2 heteroatoms. The third-order valence-corrected chi connectivity index (χ3v) is 4.41. The maximum absolute atomic E-state index is 11.3. The minimum absolute atomic E-state index is 0.109. The lowest BCUT2D eigenvalue weighted by molar-refractivity contribution is -0.105. The van der Waals surface area contributed by atoms with Crippen LogP contribution in [0.5, 0.6) is 5.75 Å². The number of para-hydroxylation sites is 1. The number of aliphatic hydroxyl groups is 1. The van der Waals surface area contributed by atoms with Gasteiger partial charge in [0.15, 0.2) is 0 Å². The Hall–Kier alpha value is -1.02. The Morgan fingerprint density at radius 3 is 2.37 bits per heavy atom. The van der Waals surface area contributed by atoms with Crippen molar-refractivity contribution in [3.05, 3.63) is 29.8 Å². The van der Waals surface area contributed by atoms with E-state index in [0.717, 1.165) is 30.6 Å². The van der Waals surface area contributed by atoms with Crippen LogP contribution < -0.4 is 4.74 Å². The Morgan fingerprint density at radius 1 is 1.11 bits per heavy atom. The van der Waals surface area contributed by atoms with Crippen molar-refractivity contribution in [2.24, 2.45) is 5.41 Å². The quantitative estimate of drug-likeness (QED) is 0.882. The molecule has 1 atom stereocenters. The number of rotatable bonds is 3. The number of hydrogen-bond donors (Lipinski definition) is 1. The summed E-state index contributed by atoms with van der Waals surface area (Å²) in [7, 11) is 0. The van der Waals surface area contributed by atoms with Crippen molar-refractivity contribution < 1.29 is 9.84 Å². The molecule has 2 rings (SSSR count). The van der Waals surface area contributed by atoms with Gasteiger partial charge in [-0.3, -0.25) is 0 Å². The van der Waals surface area contributed by atoms with Crippen LogP contribution in [0.15, 0.2) is 24.3 Å². The molecule has 106 valence electrons. The highest BCUT2D eigenvalue weighted by atomic mass is 16.5. The van der Waals surface area contributed by atoms with E-state index in [1.54, 1.807) is 0 Å². The highest BCUT2D eigenvalue weighted by Crippen LogP contribution is 2.52. The van der Waals surface area contributed by atoms with Gasteiger partial charge >= 0.3 is 0 Å².